The smallest absolute Gasteiger partial charge is 0.328 e. The zero-order valence-corrected chi connectivity index (χ0v) is 14.0. The van der Waals surface area contributed by atoms with Crippen LogP contribution in [0.25, 0.3) is 21.1 Å². The quantitative estimate of drug-likeness (QED) is 0.517. The molecule has 0 fully saturated rings. The summed E-state index contributed by atoms with van der Waals surface area (Å²) in [6.07, 6.45) is 0. The number of thiophene rings is 1. The number of rotatable bonds is 4. The van der Waals surface area contributed by atoms with Gasteiger partial charge in [0.05, 0.1) is 15.4 Å². The number of esters is 1. The molecule has 0 saturated heterocycles. The highest BCUT2D eigenvalue weighted by Crippen LogP contribution is 2.35. The molecule has 5 nitrogen and oxygen atoms in total. The highest BCUT2D eigenvalue weighted by molar-refractivity contribution is 7.19. The van der Waals surface area contributed by atoms with Crippen LogP contribution in [0.3, 0.4) is 0 Å². The van der Waals surface area contributed by atoms with Gasteiger partial charge < -0.3 is 4.74 Å². The molecule has 4 aromatic rings. The van der Waals surface area contributed by atoms with Crippen molar-refractivity contribution in [3.63, 3.8) is 0 Å². The molecule has 0 aliphatic carbocycles. The molecule has 0 aliphatic heterocycles. The van der Waals surface area contributed by atoms with E-state index in [-0.39, 0.29) is 19.1 Å². The molecule has 2 aromatic heterocycles. The molecule has 0 bridgehead atoms. The van der Waals surface area contributed by atoms with E-state index in [0.29, 0.717) is 5.02 Å². The van der Waals surface area contributed by atoms with Gasteiger partial charge in [-0.15, -0.1) is 16.4 Å². The van der Waals surface area contributed by atoms with Crippen LogP contribution in [0.4, 0.5) is 0 Å². The average molecular weight is 358 g/mol. The van der Waals surface area contributed by atoms with Crippen molar-refractivity contribution >= 4 is 50.0 Å². The van der Waals surface area contributed by atoms with Gasteiger partial charge >= 0.3 is 5.97 Å². The number of carbonyl (C=O) groups excluding carboxylic acids is 1. The van der Waals surface area contributed by atoms with Gasteiger partial charge in [0.25, 0.3) is 0 Å². The largest absolute Gasteiger partial charge is 0.459 e. The number of hydrogen-bond acceptors (Lipinski definition) is 5. The van der Waals surface area contributed by atoms with Crippen molar-refractivity contribution in [3.8, 4) is 0 Å². The Bertz CT molecular complexity index is 1040. The van der Waals surface area contributed by atoms with Gasteiger partial charge in [-0.25, -0.2) is 4.68 Å². The Balaban J connectivity index is 1.47. The Morgan fingerprint density at radius 1 is 1.17 bits per heavy atom. The van der Waals surface area contributed by atoms with E-state index in [1.807, 2.05) is 48.5 Å². The van der Waals surface area contributed by atoms with Crippen LogP contribution in [0.5, 0.6) is 0 Å². The summed E-state index contributed by atoms with van der Waals surface area (Å²) in [5.41, 5.74) is 1.55. The highest BCUT2D eigenvalue weighted by Gasteiger charge is 2.13. The SMILES string of the molecule is O=C(Cn1nnc2ccccc21)OCc1sc2ccccc2c1Cl. The minimum Gasteiger partial charge on any atom is -0.459 e. The lowest BCUT2D eigenvalue weighted by Gasteiger charge is -2.04. The van der Waals surface area contributed by atoms with Crippen LogP contribution in [0, 0.1) is 0 Å². The molecular formula is C17H12ClN3O2S. The number of nitrogens with zero attached hydrogens (tertiary/aromatic N) is 3. The molecule has 2 aromatic carbocycles. The fourth-order valence-electron chi connectivity index (χ4n) is 2.51. The average Bonchev–Trinajstić information content (AvgIpc) is 3.15. The van der Waals surface area contributed by atoms with E-state index in [0.717, 1.165) is 26.0 Å². The zero-order chi connectivity index (χ0) is 16.5. The number of ether oxygens (including phenoxy) is 1. The summed E-state index contributed by atoms with van der Waals surface area (Å²) in [6, 6.07) is 15.3. The molecule has 24 heavy (non-hydrogen) atoms. The molecule has 0 aliphatic rings. The molecule has 7 heteroatoms. The molecule has 120 valence electrons. The number of halogens is 1. The molecule has 0 saturated carbocycles. The molecule has 0 atom stereocenters. The topological polar surface area (TPSA) is 57.0 Å². The normalized spacial score (nSPS) is 11.2. The second-order valence-electron chi connectivity index (χ2n) is 5.23. The minimum atomic E-state index is -0.376. The van der Waals surface area contributed by atoms with E-state index < -0.39 is 0 Å². The Labute approximate surface area is 146 Å². The summed E-state index contributed by atoms with van der Waals surface area (Å²) < 4.78 is 7.97. The zero-order valence-electron chi connectivity index (χ0n) is 12.5. The standard InChI is InChI=1S/C17H12ClN3O2S/c18-17-11-5-1-4-8-14(11)24-15(17)10-23-16(22)9-21-13-7-3-2-6-12(13)19-20-21/h1-8H,9-10H2. The van der Waals surface area contributed by atoms with E-state index in [2.05, 4.69) is 10.3 Å². The van der Waals surface area contributed by atoms with Crippen LogP contribution in [-0.2, 0) is 22.7 Å². The van der Waals surface area contributed by atoms with E-state index in [4.69, 9.17) is 16.3 Å². The van der Waals surface area contributed by atoms with Gasteiger partial charge in [-0.2, -0.15) is 0 Å². The second-order valence-corrected chi connectivity index (χ2v) is 6.75. The van der Waals surface area contributed by atoms with Gasteiger partial charge in [0.15, 0.2) is 0 Å². The second kappa shape index (κ2) is 6.22. The first-order valence-corrected chi connectivity index (χ1v) is 8.51. The third-order valence-corrected chi connectivity index (χ3v) is 5.35. The first-order valence-electron chi connectivity index (χ1n) is 7.32. The Kier molecular flexibility index (Phi) is 3.92. The summed E-state index contributed by atoms with van der Waals surface area (Å²) in [5, 5.41) is 9.64. The number of para-hydroxylation sites is 1. The van der Waals surface area contributed by atoms with Crippen LogP contribution in [-0.4, -0.2) is 21.0 Å². The van der Waals surface area contributed by atoms with E-state index in [9.17, 15) is 4.79 Å². The van der Waals surface area contributed by atoms with Gasteiger partial charge in [-0.3, -0.25) is 4.79 Å². The predicted octanol–water partition coefficient (Wildman–Crippen LogP) is 4.04. The Hall–Kier alpha value is -2.44. The summed E-state index contributed by atoms with van der Waals surface area (Å²) in [4.78, 5) is 12.9. The van der Waals surface area contributed by atoms with Crippen molar-refractivity contribution in [2.45, 2.75) is 13.2 Å². The van der Waals surface area contributed by atoms with Gasteiger partial charge in [0, 0.05) is 10.1 Å². The number of fused-ring (bicyclic) bond motifs is 2. The lowest BCUT2D eigenvalue weighted by atomic mass is 10.2. The molecule has 0 N–H and O–H groups in total. The number of benzene rings is 2. The number of carbonyl (C=O) groups is 1. The minimum absolute atomic E-state index is 0.0169. The van der Waals surface area contributed by atoms with Crippen molar-refractivity contribution in [1.29, 1.82) is 0 Å². The maximum atomic E-state index is 12.1. The van der Waals surface area contributed by atoms with Crippen molar-refractivity contribution in [2.24, 2.45) is 0 Å². The van der Waals surface area contributed by atoms with Crippen LogP contribution in [0.15, 0.2) is 48.5 Å². The van der Waals surface area contributed by atoms with E-state index in [1.165, 1.54) is 16.0 Å². The molecule has 0 radical (unpaired) electrons. The van der Waals surface area contributed by atoms with Crippen molar-refractivity contribution in [3.05, 3.63) is 58.4 Å². The summed E-state index contributed by atoms with van der Waals surface area (Å²) in [6.45, 7) is 0.173. The third kappa shape index (κ3) is 2.74. The third-order valence-electron chi connectivity index (χ3n) is 3.66. The fourth-order valence-corrected chi connectivity index (χ4v) is 3.91. The van der Waals surface area contributed by atoms with Crippen LogP contribution < -0.4 is 0 Å². The first-order chi connectivity index (χ1) is 11.7. The van der Waals surface area contributed by atoms with Gasteiger partial charge in [-0.05, 0) is 18.2 Å². The van der Waals surface area contributed by atoms with Gasteiger partial charge in [0.2, 0.25) is 0 Å². The van der Waals surface area contributed by atoms with Gasteiger partial charge in [-0.1, -0.05) is 47.1 Å². The lowest BCUT2D eigenvalue weighted by molar-refractivity contribution is -0.145. The molecule has 0 spiro atoms. The van der Waals surface area contributed by atoms with Gasteiger partial charge in [0.1, 0.15) is 18.7 Å². The van der Waals surface area contributed by atoms with Crippen molar-refractivity contribution < 1.29 is 9.53 Å². The van der Waals surface area contributed by atoms with Crippen LogP contribution >= 0.6 is 22.9 Å². The predicted molar refractivity (Wildman–Crippen MR) is 94.2 cm³/mol. The monoisotopic (exact) mass is 357 g/mol. The number of aromatic nitrogens is 3. The molecular weight excluding hydrogens is 346 g/mol. The summed E-state index contributed by atoms with van der Waals surface area (Å²) in [7, 11) is 0. The van der Waals surface area contributed by atoms with Crippen LogP contribution in [0.1, 0.15) is 4.88 Å². The van der Waals surface area contributed by atoms with Crippen LogP contribution in [0.2, 0.25) is 5.02 Å². The fraction of sp³-hybridized carbons (Fsp3) is 0.118. The number of hydrogen-bond donors (Lipinski definition) is 0. The maximum absolute atomic E-state index is 12.1. The summed E-state index contributed by atoms with van der Waals surface area (Å²) >= 11 is 7.89. The molecule has 2 heterocycles. The van der Waals surface area contributed by atoms with Crippen molar-refractivity contribution in [2.75, 3.05) is 0 Å². The summed E-state index contributed by atoms with van der Waals surface area (Å²) in [5.74, 6) is -0.376. The lowest BCUT2D eigenvalue weighted by Crippen LogP contribution is -2.14. The Morgan fingerprint density at radius 3 is 2.83 bits per heavy atom. The Morgan fingerprint density at radius 2 is 1.96 bits per heavy atom. The maximum Gasteiger partial charge on any atom is 0.328 e. The molecule has 0 amide bonds. The van der Waals surface area contributed by atoms with Crippen molar-refractivity contribution in [1.82, 2.24) is 15.0 Å². The molecule has 0 unspecified atom stereocenters. The first kappa shape index (κ1) is 15.1. The molecule has 4 rings (SSSR count). The van der Waals surface area contributed by atoms with E-state index >= 15 is 0 Å². The van der Waals surface area contributed by atoms with E-state index in [1.54, 1.807) is 0 Å². The highest BCUT2D eigenvalue weighted by atomic mass is 35.5.